The van der Waals surface area contributed by atoms with Crippen LogP contribution in [0.25, 0.3) is 16.4 Å². The third-order valence-corrected chi connectivity index (χ3v) is 5.69. The summed E-state index contributed by atoms with van der Waals surface area (Å²) in [6, 6.07) is 14.3. The van der Waals surface area contributed by atoms with Gasteiger partial charge >= 0.3 is 0 Å². The lowest BCUT2D eigenvalue weighted by Crippen LogP contribution is -2.15. The second kappa shape index (κ2) is 8.79. The first kappa shape index (κ1) is 20.9. The third-order valence-electron chi connectivity index (χ3n) is 4.54. The molecule has 0 atom stereocenters. The van der Waals surface area contributed by atoms with Crippen molar-refractivity contribution in [2.75, 3.05) is 19.5 Å². The number of hydrogen-bond donors (Lipinski definition) is 1. The maximum Gasteiger partial charge on any atom is 0.258 e. The largest absolute Gasteiger partial charge is 0.493 e. The smallest absolute Gasteiger partial charge is 0.258 e. The summed E-state index contributed by atoms with van der Waals surface area (Å²) in [4.78, 5) is 17.4. The zero-order valence-electron chi connectivity index (χ0n) is 17.0. The number of thiazole rings is 1. The maximum atomic E-state index is 12.7. The van der Waals surface area contributed by atoms with Gasteiger partial charge in [0, 0.05) is 17.0 Å². The second-order valence-corrected chi connectivity index (χ2v) is 7.85. The van der Waals surface area contributed by atoms with Gasteiger partial charge in [-0.3, -0.25) is 4.79 Å². The number of nitrogens with zero attached hydrogens (tertiary/aromatic N) is 3. The highest BCUT2D eigenvalue weighted by Crippen LogP contribution is 2.33. The molecule has 1 N–H and O–H groups in total. The van der Waals surface area contributed by atoms with Crippen molar-refractivity contribution < 1.29 is 14.3 Å². The molecule has 0 saturated heterocycles. The van der Waals surface area contributed by atoms with Gasteiger partial charge in [0.2, 0.25) is 5.13 Å². The predicted molar refractivity (Wildman–Crippen MR) is 122 cm³/mol. The number of aromatic nitrogens is 3. The zero-order valence-corrected chi connectivity index (χ0v) is 18.6. The summed E-state index contributed by atoms with van der Waals surface area (Å²) in [5.41, 5.74) is 2.78. The van der Waals surface area contributed by atoms with E-state index in [9.17, 15) is 4.79 Å². The van der Waals surface area contributed by atoms with Crippen molar-refractivity contribution in [3.05, 3.63) is 70.2 Å². The van der Waals surface area contributed by atoms with Gasteiger partial charge in [-0.25, -0.2) is 4.98 Å². The van der Waals surface area contributed by atoms with Crippen molar-refractivity contribution in [3.63, 3.8) is 0 Å². The molecule has 0 aliphatic carbocycles. The molecule has 2 heterocycles. The number of nitrogens with one attached hydrogen (secondary N) is 1. The van der Waals surface area contributed by atoms with Crippen molar-refractivity contribution in [2.45, 2.75) is 6.92 Å². The number of methoxy groups -OCH3 is 2. The number of rotatable bonds is 6. The standard InChI is InChI=1S/C22H19ClN4O3S/c1-13-10-20(25-21(28)15-6-4-5-7-16(15)23)27(26-13)22-24-17(12-31-22)14-8-9-18(29-2)19(11-14)30-3/h4-12H,1-3H3,(H,25,28). The molecule has 0 aliphatic heterocycles. The summed E-state index contributed by atoms with van der Waals surface area (Å²) >= 11 is 7.57. The zero-order chi connectivity index (χ0) is 22.0. The van der Waals surface area contributed by atoms with Crippen molar-refractivity contribution in [3.8, 4) is 27.9 Å². The summed E-state index contributed by atoms with van der Waals surface area (Å²) < 4.78 is 12.3. The number of carbonyl (C=O) groups excluding carboxylic acids is 1. The highest BCUT2D eigenvalue weighted by atomic mass is 35.5. The van der Waals surface area contributed by atoms with Crippen molar-refractivity contribution in [2.24, 2.45) is 0 Å². The molecule has 2 aromatic carbocycles. The van der Waals surface area contributed by atoms with Crippen molar-refractivity contribution in [1.82, 2.24) is 14.8 Å². The summed E-state index contributed by atoms with van der Waals surface area (Å²) in [6.07, 6.45) is 0. The third kappa shape index (κ3) is 4.26. The van der Waals surface area contributed by atoms with E-state index in [1.807, 2.05) is 30.5 Å². The van der Waals surface area contributed by atoms with Crippen LogP contribution in [0.2, 0.25) is 5.02 Å². The molecule has 0 saturated carbocycles. The van der Waals surface area contributed by atoms with Gasteiger partial charge in [0.1, 0.15) is 5.82 Å². The molecule has 0 bridgehead atoms. The van der Waals surface area contributed by atoms with Gasteiger partial charge < -0.3 is 14.8 Å². The number of aryl methyl sites for hydroxylation is 1. The van der Waals surface area contributed by atoms with E-state index in [1.165, 1.54) is 11.3 Å². The number of carbonyl (C=O) groups is 1. The Kier molecular flexibility index (Phi) is 5.92. The first-order valence-corrected chi connectivity index (χ1v) is 10.6. The molecule has 0 radical (unpaired) electrons. The summed E-state index contributed by atoms with van der Waals surface area (Å²) in [6.45, 7) is 1.85. The summed E-state index contributed by atoms with van der Waals surface area (Å²) in [7, 11) is 3.19. The Morgan fingerprint density at radius 1 is 1.10 bits per heavy atom. The van der Waals surface area contributed by atoms with Crippen LogP contribution in [0.5, 0.6) is 11.5 Å². The van der Waals surface area contributed by atoms with Crippen LogP contribution in [0, 0.1) is 6.92 Å². The molecule has 4 rings (SSSR count). The lowest BCUT2D eigenvalue weighted by atomic mass is 10.1. The molecule has 0 spiro atoms. The van der Waals surface area contributed by atoms with E-state index in [1.54, 1.807) is 49.2 Å². The van der Waals surface area contributed by atoms with E-state index in [0.29, 0.717) is 33.0 Å². The van der Waals surface area contributed by atoms with Crippen LogP contribution in [0.1, 0.15) is 16.1 Å². The van der Waals surface area contributed by atoms with Crippen LogP contribution in [0.4, 0.5) is 5.82 Å². The molecule has 31 heavy (non-hydrogen) atoms. The molecule has 0 unspecified atom stereocenters. The Bertz CT molecular complexity index is 1250. The molecule has 1 amide bonds. The quantitative estimate of drug-likeness (QED) is 0.431. The molecule has 9 heteroatoms. The average Bonchev–Trinajstić information content (AvgIpc) is 3.40. The molecule has 7 nitrogen and oxygen atoms in total. The van der Waals surface area contributed by atoms with Crippen LogP contribution in [-0.4, -0.2) is 34.9 Å². The van der Waals surface area contributed by atoms with Crippen LogP contribution in [0.3, 0.4) is 0 Å². The van der Waals surface area contributed by atoms with Gasteiger partial charge in [0.15, 0.2) is 11.5 Å². The highest BCUT2D eigenvalue weighted by Gasteiger charge is 2.17. The van der Waals surface area contributed by atoms with Gasteiger partial charge in [-0.2, -0.15) is 9.78 Å². The summed E-state index contributed by atoms with van der Waals surface area (Å²) in [5.74, 6) is 1.46. The van der Waals surface area contributed by atoms with E-state index in [2.05, 4.69) is 10.4 Å². The number of hydrogen-bond acceptors (Lipinski definition) is 6. The lowest BCUT2D eigenvalue weighted by Gasteiger charge is -2.08. The molecule has 0 fully saturated rings. The normalized spacial score (nSPS) is 10.7. The van der Waals surface area contributed by atoms with E-state index < -0.39 is 0 Å². The van der Waals surface area contributed by atoms with E-state index in [0.717, 1.165) is 17.0 Å². The SMILES string of the molecule is COc1ccc(-c2csc(-n3nc(C)cc3NC(=O)c3ccccc3Cl)n2)cc1OC. The van der Waals surface area contributed by atoms with Gasteiger partial charge in [0.25, 0.3) is 5.91 Å². The lowest BCUT2D eigenvalue weighted by molar-refractivity contribution is 0.102. The second-order valence-electron chi connectivity index (χ2n) is 6.60. The minimum atomic E-state index is -0.316. The van der Waals surface area contributed by atoms with E-state index in [-0.39, 0.29) is 5.91 Å². The number of benzene rings is 2. The molecule has 2 aromatic heterocycles. The Balaban J connectivity index is 1.64. The number of halogens is 1. The fraction of sp³-hybridized carbons (Fsp3) is 0.136. The number of amides is 1. The number of ether oxygens (including phenoxy) is 2. The Morgan fingerprint density at radius 2 is 1.87 bits per heavy atom. The first-order valence-electron chi connectivity index (χ1n) is 9.31. The van der Waals surface area contributed by atoms with Crippen molar-refractivity contribution in [1.29, 1.82) is 0 Å². The average molecular weight is 455 g/mol. The van der Waals surface area contributed by atoms with Gasteiger partial charge in [0.05, 0.1) is 36.2 Å². The van der Waals surface area contributed by atoms with Crippen LogP contribution in [0.15, 0.2) is 53.9 Å². The van der Waals surface area contributed by atoms with Crippen LogP contribution in [-0.2, 0) is 0 Å². The van der Waals surface area contributed by atoms with Gasteiger partial charge in [-0.05, 0) is 37.3 Å². The number of anilines is 1. The van der Waals surface area contributed by atoms with Crippen LogP contribution < -0.4 is 14.8 Å². The van der Waals surface area contributed by atoms with Gasteiger partial charge in [-0.15, -0.1) is 11.3 Å². The predicted octanol–water partition coefficient (Wildman–Crippen LogP) is 5.23. The van der Waals surface area contributed by atoms with E-state index in [4.69, 9.17) is 26.1 Å². The first-order chi connectivity index (χ1) is 15.0. The molecular weight excluding hydrogens is 436 g/mol. The molecule has 4 aromatic rings. The highest BCUT2D eigenvalue weighted by molar-refractivity contribution is 7.12. The Labute approximate surface area is 188 Å². The fourth-order valence-electron chi connectivity index (χ4n) is 3.05. The van der Waals surface area contributed by atoms with Crippen molar-refractivity contribution >= 4 is 34.7 Å². The topological polar surface area (TPSA) is 78.3 Å². The Hall–Kier alpha value is -3.36. The minimum Gasteiger partial charge on any atom is -0.493 e. The van der Waals surface area contributed by atoms with Crippen LogP contribution >= 0.6 is 22.9 Å². The fourth-order valence-corrected chi connectivity index (χ4v) is 4.07. The van der Waals surface area contributed by atoms with Gasteiger partial charge in [-0.1, -0.05) is 23.7 Å². The maximum absolute atomic E-state index is 12.7. The van der Waals surface area contributed by atoms with E-state index >= 15 is 0 Å². The Morgan fingerprint density at radius 3 is 2.61 bits per heavy atom. The monoisotopic (exact) mass is 454 g/mol. The minimum absolute atomic E-state index is 0.316. The molecule has 0 aliphatic rings. The molecular formula is C22H19ClN4O3S. The summed E-state index contributed by atoms with van der Waals surface area (Å²) in [5, 5.41) is 10.3. The molecule has 158 valence electrons.